The number of fused-ring (bicyclic) bond motifs is 2. The van der Waals surface area contributed by atoms with Crippen molar-refractivity contribution in [1.29, 1.82) is 0 Å². The Bertz CT molecular complexity index is 1180. The number of alkyl halides is 1. The Balaban J connectivity index is 0.00000186. The van der Waals surface area contributed by atoms with Crippen LogP contribution < -0.4 is 4.90 Å². The van der Waals surface area contributed by atoms with Crippen molar-refractivity contribution in [3.63, 3.8) is 0 Å². The van der Waals surface area contributed by atoms with Crippen molar-refractivity contribution in [2.24, 2.45) is 0 Å². The summed E-state index contributed by atoms with van der Waals surface area (Å²) in [7, 11) is 0. The second kappa shape index (κ2) is 13.1. The highest BCUT2D eigenvalue weighted by Crippen LogP contribution is 2.47. The van der Waals surface area contributed by atoms with Crippen molar-refractivity contribution in [3.05, 3.63) is 95.7 Å². The van der Waals surface area contributed by atoms with Crippen LogP contribution in [0.5, 0.6) is 0 Å². The van der Waals surface area contributed by atoms with Gasteiger partial charge in [-0.1, -0.05) is 118 Å². The molecule has 4 rings (SSSR count). The predicted octanol–water partition coefficient (Wildman–Crippen LogP) is 9.51. The Hall–Kier alpha value is -2.14. The van der Waals surface area contributed by atoms with E-state index in [-0.39, 0.29) is 10.8 Å². The molecule has 0 bridgehead atoms. The van der Waals surface area contributed by atoms with Crippen LogP contribution in [0, 0.1) is 0 Å². The summed E-state index contributed by atoms with van der Waals surface area (Å²) < 4.78 is 2.53. The van der Waals surface area contributed by atoms with Gasteiger partial charge in [0.05, 0.1) is 5.41 Å². The van der Waals surface area contributed by atoms with Gasteiger partial charge in [0, 0.05) is 47.5 Å². The number of hydrogen-bond acceptors (Lipinski definition) is 1. The standard InChI is InChI=1S/C33H43N2.CH3I/c1-7-9-24-34-28-20-16-14-18-26(28)32(3,4)30(34)22-12-11-13-23-31-33(5,6)27-19-15-17-21-29(27)35(31)25-10-8-2;1-2/h11-23H,7-10,24-25H2,1-6H3;1H3/q+1;. The van der Waals surface area contributed by atoms with Crippen LogP contribution in [-0.4, -0.2) is 28.3 Å². The van der Waals surface area contributed by atoms with Crippen LogP contribution in [0.4, 0.5) is 11.4 Å². The van der Waals surface area contributed by atoms with E-state index in [2.05, 4.69) is 153 Å². The van der Waals surface area contributed by atoms with E-state index in [1.54, 1.807) is 0 Å². The van der Waals surface area contributed by atoms with Crippen molar-refractivity contribution < 1.29 is 4.58 Å². The molecule has 2 aromatic carbocycles. The van der Waals surface area contributed by atoms with Gasteiger partial charge in [-0.15, -0.1) is 0 Å². The van der Waals surface area contributed by atoms with E-state index in [4.69, 9.17) is 0 Å². The molecule has 2 aromatic rings. The number of para-hydroxylation sites is 2. The highest BCUT2D eigenvalue weighted by atomic mass is 127. The molecule has 0 fully saturated rings. The number of benzene rings is 2. The van der Waals surface area contributed by atoms with Gasteiger partial charge in [-0.3, -0.25) is 0 Å². The van der Waals surface area contributed by atoms with Crippen LogP contribution in [0.2, 0.25) is 0 Å². The third kappa shape index (κ3) is 5.97. The van der Waals surface area contributed by atoms with Gasteiger partial charge >= 0.3 is 0 Å². The van der Waals surface area contributed by atoms with E-state index in [0.717, 1.165) is 13.1 Å². The summed E-state index contributed by atoms with van der Waals surface area (Å²) in [6.45, 7) is 16.1. The van der Waals surface area contributed by atoms with E-state index in [9.17, 15) is 0 Å². The molecule has 2 aliphatic rings. The summed E-state index contributed by atoms with van der Waals surface area (Å²) in [5.74, 6) is 0. The van der Waals surface area contributed by atoms with Crippen LogP contribution in [0.3, 0.4) is 0 Å². The fourth-order valence-electron chi connectivity index (χ4n) is 5.75. The zero-order chi connectivity index (χ0) is 27.1. The number of unbranched alkanes of at least 4 members (excludes halogenated alkanes) is 2. The van der Waals surface area contributed by atoms with Gasteiger partial charge in [0.15, 0.2) is 5.71 Å². The minimum Gasteiger partial charge on any atom is -0.344 e. The van der Waals surface area contributed by atoms with E-state index in [1.807, 2.05) is 4.93 Å². The zero-order valence-corrected chi connectivity index (χ0v) is 26.2. The molecule has 0 spiro atoms. The summed E-state index contributed by atoms with van der Waals surface area (Å²) in [6, 6.07) is 17.8. The fraction of sp³-hybridized carbons (Fsp3) is 0.441. The maximum atomic E-state index is 2.53. The quantitative estimate of drug-likeness (QED) is 0.119. The maximum Gasteiger partial charge on any atom is 0.209 e. The SMILES string of the molecule is CCCCN1/C(=C/C=C/C=C/C2=[N+](CCCC)c3ccccc3C2(C)C)C(C)(C)c2ccccc21.CI. The average Bonchev–Trinajstić information content (AvgIpc) is 3.26. The smallest absolute Gasteiger partial charge is 0.209 e. The fourth-order valence-corrected chi connectivity index (χ4v) is 5.75. The lowest BCUT2D eigenvalue weighted by atomic mass is 9.81. The summed E-state index contributed by atoms with van der Waals surface area (Å²) in [6.07, 6.45) is 16.1. The minimum absolute atomic E-state index is 0.0131. The van der Waals surface area contributed by atoms with Crippen molar-refractivity contribution in [1.82, 2.24) is 0 Å². The highest BCUT2D eigenvalue weighted by Gasteiger charge is 2.43. The first-order valence-electron chi connectivity index (χ1n) is 13.9. The molecule has 0 unspecified atom stereocenters. The van der Waals surface area contributed by atoms with E-state index in [1.165, 1.54) is 59.6 Å². The molecular formula is C34H46IN2+. The molecule has 0 saturated carbocycles. The molecule has 2 nitrogen and oxygen atoms in total. The monoisotopic (exact) mass is 609 g/mol. The first-order chi connectivity index (χ1) is 17.8. The van der Waals surface area contributed by atoms with Gasteiger partial charge < -0.3 is 4.90 Å². The van der Waals surface area contributed by atoms with Gasteiger partial charge in [0.1, 0.15) is 6.54 Å². The molecule has 37 heavy (non-hydrogen) atoms. The molecule has 0 N–H and O–H groups in total. The molecule has 2 aliphatic heterocycles. The lowest BCUT2D eigenvalue weighted by Gasteiger charge is -2.27. The molecule has 0 saturated heterocycles. The molecular weight excluding hydrogens is 563 g/mol. The molecule has 0 amide bonds. The molecule has 0 atom stereocenters. The number of allylic oxidation sites excluding steroid dienone is 6. The summed E-state index contributed by atoms with van der Waals surface area (Å²) in [5, 5.41) is 0. The van der Waals surface area contributed by atoms with Gasteiger partial charge in [0.25, 0.3) is 0 Å². The topological polar surface area (TPSA) is 6.25 Å². The predicted molar refractivity (Wildman–Crippen MR) is 172 cm³/mol. The molecule has 0 aliphatic carbocycles. The highest BCUT2D eigenvalue weighted by molar-refractivity contribution is 14.1. The van der Waals surface area contributed by atoms with Crippen molar-refractivity contribution in [2.75, 3.05) is 22.9 Å². The van der Waals surface area contributed by atoms with Crippen LogP contribution in [-0.2, 0) is 10.8 Å². The van der Waals surface area contributed by atoms with Crippen LogP contribution in [0.1, 0.15) is 78.4 Å². The molecule has 2 heterocycles. The largest absolute Gasteiger partial charge is 0.344 e. The normalized spacial score (nSPS) is 18.5. The maximum absolute atomic E-state index is 2.53. The third-order valence-electron chi connectivity index (χ3n) is 7.80. The lowest BCUT2D eigenvalue weighted by Crippen LogP contribution is -2.27. The first kappa shape index (κ1) is 29.4. The van der Waals surface area contributed by atoms with Gasteiger partial charge in [-0.25, -0.2) is 0 Å². The van der Waals surface area contributed by atoms with Gasteiger partial charge in [0.2, 0.25) is 5.69 Å². The lowest BCUT2D eigenvalue weighted by molar-refractivity contribution is -0.438. The van der Waals surface area contributed by atoms with E-state index in [0.29, 0.717) is 0 Å². The van der Waals surface area contributed by atoms with Crippen LogP contribution in [0.25, 0.3) is 0 Å². The Kier molecular flexibility index (Phi) is 10.4. The van der Waals surface area contributed by atoms with E-state index < -0.39 is 0 Å². The number of rotatable bonds is 9. The molecule has 3 heteroatoms. The Morgan fingerprint density at radius 3 is 2.14 bits per heavy atom. The molecule has 198 valence electrons. The second-order valence-electron chi connectivity index (χ2n) is 11.0. The van der Waals surface area contributed by atoms with Crippen molar-refractivity contribution in [2.45, 2.75) is 78.1 Å². The Morgan fingerprint density at radius 2 is 1.43 bits per heavy atom. The number of hydrogen-bond donors (Lipinski definition) is 0. The first-order valence-corrected chi connectivity index (χ1v) is 16.0. The summed E-state index contributed by atoms with van der Waals surface area (Å²) in [4.78, 5) is 4.50. The number of anilines is 1. The summed E-state index contributed by atoms with van der Waals surface area (Å²) in [5.41, 5.74) is 8.41. The van der Waals surface area contributed by atoms with Crippen molar-refractivity contribution in [3.8, 4) is 0 Å². The number of nitrogens with zero attached hydrogens (tertiary/aromatic N) is 2. The minimum atomic E-state index is 0.0131. The third-order valence-corrected chi connectivity index (χ3v) is 7.80. The Labute approximate surface area is 240 Å². The second-order valence-corrected chi connectivity index (χ2v) is 11.0. The van der Waals surface area contributed by atoms with Crippen molar-refractivity contribution >= 4 is 39.7 Å². The van der Waals surface area contributed by atoms with Crippen LogP contribution >= 0.6 is 22.6 Å². The van der Waals surface area contributed by atoms with Crippen LogP contribution in [0.15, 0.2) is 84.6 Å². The molecule has 0 aromatic heterocycles. The Morgan fingerprint density at radius 1 is 0.784 bits per heavy atom. The average molecular weight is 610 g/mol. The van der Waals surface area contributed by atoms with E-state index >= 15 is 0 Å². The zero-order valence-electron chi connectivity index (χ0n) is 24.0. The molecule has 0 radical (unpaired) electrons. The van der Waals surface area contributed by atoms with Gasteiger partial charge in [-0.05, 0) is 42.9 Å². The summed E-state index contributed by atoms with van der Waals surface area (Å²) >= 11 is 2.15. The van der Waals surface area contributed by atoms with Gasteiger partial charge in [-0.2, -0.15) is 4.58 Å². The number of halogens is 1.